The predicted octanol–water partition coefficient (Wildman–Crippen LogP) is 4.49. The van der Waals surface area contributed by atoms with Gasteiger partial charge < -0.3 is 9.52 Å². The van der Waals surface area contributed by atoms with Gasteiger partial charge in [0.1, 0.15) is 16.7 Å². The average Bonchev–Trinajstić information content (AvgIpc) is 2.82. The molecule has 0 unspecified atom stereocenters. The highest BCUT2D eigenvalue weighted by atomic mass is 35.5. The first-order valence-corrected chi connectivity index (χ1v) is 6.67. The molecule has 2 aromatic heterocycles. The van der Waals surface area contributed by atoms with Crippen molar-refractivity contribution in [3.8, 4) is 0 Å². The smallest absolute Gasteiger partial charge is 0.340 e. The van der Waals surface area contributed by atoms with Crippen LogP contribution in [0.25, 0.3) is 33.0 Å². The molecule has 0 spiro atoms. The predicted molar refractivity (Wildman–Crippen MR) is 81.0 cm³/mol. The molecule has 2 heterocycles. The Kier molecular flexibility index (Phi) is 2.43. The van der Waals surface area contributed by atoms with Crippen LogP contribution < -0.4 is 0 Å². The van der Waals surface area contributed by atoms with Gasteiger partial charge in [-0.05, 0) is 30.3 Å². The van der Waals surface area contributed by atoms with Gasteiger partial charge in [0.2, 0.25) is 0 Å². The van der Waals surface area contributed by atoms with Gasteiger partial charge in [0, 0.05) is 15.8 Å². The minimum Gasteiger partial charge on any atom is -0.478 e. The lowest BCUT2D eigenvalue weighted by Crippen LogP contribution is -1.99. The zero-order valence-electron chi connectivity index (χ0n) is 10.6. The second kappa shape index (κ2) is 4.20. The lowest BCUT2D eigenvalue weighted by atomic mass is 10.1. The highest BCUT2D eigenvalue weighted by Crippen LogP contribution is 2.34. The maximum absolute atomic E-state index is 11.7. The van der Waals surface area contributed by atoms with Gasteiger partial charge in [-0.1, -0.05) is 23.7 Å². The minimum atomic E-state index is -1.06. The van der Waals surface area contributed by atoms with Crippen molar-refractivity contribution >= 4 is 50.5 Å². The van der Waals surface area contributed by atoms with E-state index in [9.17, 15) is 9.90 Å². The van der Waals surface area contributed by atoms with Crippen LogP contribution in [0, 0.1) is 0 Å². The molecule has 5 heteroatoms. The van der Waals surface area contributed by atoms with Gasteiger partial charge in [0.25, 0.3) is 0 Å². The Bertz CT molecular complexity index is 1040. The SMILES string of the molecule is O=C(O)c1c2cc(Cl)ccc2nc2c1oc1ccccc12. The number of carboxylic acid groups (broad SMARTS) is 1. The van der Waals surface area contributed by atoms with Crippen molar-refractivity contribution < 1.29 is 14.3 Å². The van der Waals surface area contributed by atoms with Gasteiger partial charge in [0.15, 0.2) is 5.58 Å². The van der Waals surface area contributed by atoms with Crippen LogP contribution in [0.2, 0.25) is 5.02 Å². The van der Waals surface area contributed by atoms with Gasteiger partial charge in [-0.15, -0.1) is 0 Å². The fourth-order valence-electron chi connectivity index (χ4n) is 2.57. The van der Waals surface area contributed by atoms with E-state index in [0.29, 0.717) is 27.0 Å². The molecule has 0 fully saturated rings. The van der Waals surface area contributed by atoms with Gasteiger partial charge in [0.05, 0.1) is 5.52 Å². The van der Waals surface area contributed by atoms with Crippen molar-refractivity contribution in [1.29, 1.82) is 0 Å². The van der Waals surface area contributed by atoms with Crippen molar-refractivity contribution in [2.75, 3.05) is 0 Å². The Balaban J connectivity index is 2.32. The number of carboxylic acids is 1. The molecule has 4 rings (SSSR count). The summed E-state index contributed by atoms with van der Waals surface area (Å²) in [6.45, 7) is 0. The normalized spacial score (nSPS) is 11.5. The Morgan fingerprint density at radius 3 is 2.76 bits per heavy atom. The maximum Gasteiger partial charge on any atom is 0.340 e. The van der Waals surface area contributed by atoms with Crippen molar-refractivity contribution in [3.63, 3.8) is 0 Å². The number of furan rings is 1. The van der Waals surface area contributed by atoms with Crippen LogP contribution >= 0.6 is 11.6 Å². The van der Waals surface area contributed by atoms with Gasteiger partial charge in [-0.25, -0.2) is 9.78 Å². The van der Waals surface area contributed by atoms with Crippen LogP contribution in [0.1, 0.15) is 10.4 Å². The molecule has 1 N–H and O–H groups in total. The third kappa shape index (κ3) is 1.69. The number of halogens is 1. The van der Waals surface area contributed by atoms with Gasteiger partial charge in [-0.3, -0.25) is 0 Å². The summed E-state index contributed by atoms with van der Waals surface area (Å²) < 4.78 is 5.71. The molecule has 2 aromatic carbocycles. The number of carbonyl (C=O) groups is 1. The highest BCUT2D eigenvalue weighted by molar-refractivity contribution is 6.31. The van der Waals surface area contributed by atoms with Crippen molar-refractivity contribution in [1.82, 2.24) is 4.98 Å². The number of benzene rings is 2. The van der Waals surface area contributed by atoms with Crippen molar-refractivity contribution in [3.05, 3.63) is 53.1 Å². The van der Waals surface area contributed by atoms with Crippen LogP contribution in [0.5, 0.6) is 0 Å². The fraction of sp³-hybridized carbons (Fsp3) is 0. The number of hydrogen-bond acceptors (Lipinski definition) is 3. The summed E-state index contributed by atoms with van der Waals surface area (Å²) in [4.78, 5) is 16.2. The standard InChI is InChI=1S/C16H8ClNO3/c17-8-5-6-11-10(7-8)13(16(19)20)15-14(18-11)9-3-1-2-4-12(9)21-15/h1-7H,(H,19,20). The monoisotopic (exact) mass is 297 g/mol. The first-order valence-electron chi connectivity index (χ1n) is 6.29. The third-order valence-corrected chi connectivity index (χ3v) is 3.71. The van der Waals surface area contributed by atoms with E-state index in [-0.39, 0.29) is 11.1 Å². The third-order valence-electron chi connectivity index (χ3n) is 3.47. The Morgan fingerprint density at radius 2 is 1.95 bits per heavy atom. The number of para-hydroxylation sites is 1. The molecule has 0 aliphatic carbocycles. The summed E-state index contributed by atoms with van der Waals surface area (Å²) in [5.41, 5.74) is 2.12. The molecule has 0 aliphatic heterocycles. The summed E-state index contributed by atoms with van der Waals surface area (Å²) in [5, 5.41) is 11.3. The molecule has 4 nitrogen and oxygen atoms in total. The molecule has 0 radical (unpaired) electrons. The van der Waals surface area contributed by atoms with E-state index in [2.05, 4.69) is 4.98 Å². The molecule has 102 valence electrons. The zero-order valence-corrected chi connectivity index (χ0v) is 11.4. The quantitative estimate of drug-likeness (QED) is 0.562. The molecule has 4 aromatic rings. The first kappa shape index (κ1) is 12.2. The topological polar surface area (TPSA) is 63.3 Å². The van der Waals surface area contributed by atoms with Crippen LogP contribution in [-0.2, 0) is 0 Å². The van der Waals surface area contributed by atoms with E-state index >= 15 is 0 Å². The average molecular weight is 298 g/mol. The number of aromatic nitrogens is 1. The summed E-state index contributed by atoms with van der Waals surface area (Å²) in [6, 6.07) is 12.4. The molecule has 21 heavy (non-hydrogen) atoms. The fourth-order valence-corrected chi connectivity index (χ4v) is 2.75. The zero-order chi connectivity index (χ0) is 14.6. The van der Waals surface area contributed by atoms with Gasteiger partial charge >= 0.3 is 5.97 Å². The summed E-state index contributed by atoms with van der Waals surface area (Å²) >= 11 is 5.97. The number of aromatic carboxylic acids is 1. The Hall–Kier alpha value is -2.59. The molecule has 0 saturated carbocycles. The summed E-state index contributed by atoms with van der Waals surface area (Å²) in [5.74, 6) is -1.06. The Morgan fingerprint density at radius 1 is 1.14 bits per heavy atom. The van der Waals surface area contributed by atoms with E-state index in [4.69, 9.17) is 16.0 Å². The highest BCUT2D eigenvalue weighted by Gasteiger charge is 2.20. The van der Waals surface area contributed by atoms with E-state index in [1.165, 1.54) is 0 Å². The summed E-state index contributed by atoms with van der Waals surface area (Å²) in [7, 11) is 0. The lowest BCUT2D eigenvalue weighted by Gasteiger charge is -2.03. The molecule has 0 saturated heterocycles. The largest absolute Gasteiger partial charge is 0.478 e. The first-order chi connectivity index (χ1) is 10.1. The molecule has 0 atom stereocenters. The Labute approximate surface area is 123 Å². The number of pyridine rings is 1. The van der Waals surface area contributed by atoms with Crippen molar-refractivity contribution in [2.24, 2.45) is 0 Å². The second-order valence-corrected chi connectivity index (χ2v) is 5.17. The van der Waals surface area contributed by atoms with Gasteiger partial charge in [-0.2, -0.15) is 0 Å². The number of rotatable bonds is 1. The van der Waals surface area contributed by atoms with E-state index in [1.54, 1.807) is 24.3 Å². The molecule has 0 aliphatic rings. The number of hydrogen-bond donors (Lipinski definition) is 1. The van der Waals surface area contributed by atoms with Crippen LogP contribution in [0.15, 0.2) is 46.9 Å². The second-order valence-electron chi connectivity index (χ2n) is 4.73. The summed E-state index contributed by atoms with van der Waals surface area (Å²) in [6.07, 6.45) is 0. The minimum absolute atomic E-state index is 0.0914. The van der Waals surface area contributed by atoms with E-state index in [1.807, 2.05) is 18.2 Å². The van der Waals surface area contributed by atoms with Crippen molar-refractivity contribution in [2.45, 2.75) is 0 Å². The number of fused-ring (bicyclic) bond motifs is 4. The maximum atomic E-state index is 11.7. The lowest BCUT2D eigenvalue weighted by molar-refractivity contribution is 0.0700. The van der Waals surface area contributed by atoms with Crippen LogP contribution in [-0.4, -0.2) is 16.1 Å². The van der Waals surface area contributed by atoms with E-state index < -0.39 is 5.97 Å². The van der Waals surface area contributed by atoms with Crippen LogP contribution in [0.3, 0.4) is 0 Å². The van der Waals surface area contributed by atoms with Crippen LogP contribution in [0.4, 0.5) is 0 Å². The molecular formula is C16H8ClNO3. The van der Waals surface area contributed by atoms with E-state index in [0.717, 1.165) is 5.39 Å². The molecule has 0 amide bonds. The molecule has 0 bridgehead atoms. The molecular weight excluding hydrogens is 290 g/mol. The number of nitrogens with zero attached hydrogens (tertiary/aromatic N) is 1.